The lowest BCUT2D eigenvalue weighted by Gasteiger charge is -2.17. The van der Waals surface area contributed by atoms with Crippen LogP contribution in [0.25, 0.3) is 0 Å². The molecule has 2 aromatic carbocycles. The summed E-state index contributed by atoms with van der Waals surface area (Å²) in [5.41, 5.74) is 0.693. The van der Waals surface area contributed by atoms with E-state index < -0.39 is 5.97 Å². The number of carbonyl (C=O) groups is 2. The average molecular weight is 402 g/mol. The number of ketones is 1. The van der Waals surface area contributed by atoms with E-state index in [0.717, 1.165) is 0 Å². The van der Waals surface area contributed by atoms with E-state index in [2.05, 4.69) is 0 Å². The second-order valence-corrected chi connectivity index (χ2v) is 5.91. The molecular formula is C22H26O7. The zero-order valence-electron chi connectivity index (χ0n) is 17.4. The largest absolute Gasteiger partial charge is 0.493 e. The van der Waals surface area contributed by atoms with Crippen LogP contribution < -0.4 is 23.7 Å². The fourth-order valence-corrected chi connectivity index (χ4v) is 2.64. The highest BCUT2D eigenvalue weighted by Gasteiger charge is 2.21. The summed E-state index contributed by atoms with van der Waals surface area (Å²) < 4.78 is 27.6. The Morgan fingerprint density at radius 2 is 1.31 bits per heavy atom. The quantitative estimate of drug-likeness (QED) is 0.333. The van der Waals surface area contributed by atoms with E-state index in [4.69, 9.17) is 23.7 Å². The van der Waals surface area contributed by atoms with Crippen LogP contribution in [0.1, 0.15) is 48.4 Å². The maximum absolute atomic E-state index is 12.8. The molecule has 0 N–H and O–H groups in total. The van der Waals surface area contributed by atoms with Crippen molar-refractivity contribution in [3.8, 4) is 28.7 Å². The summed E-state index contributed by atoms with van der Waals surface area (Å²) >= 11 is 0. The first-order valence-corrected chi connectivity index (χ1v) is 9.42. The molecule has 0 radical (unpaired) electrons. The summed E-state index contributed by atoms with van der Waals surface area (Å²) in [6, 6.07) is 7.73. The summed E-state index contributed by atoms with van der Waals surface area (Å²) in [6.07, 6.45) is 0. The molecule has 0 saturated carbocycles. The molecule has 0 unspecified atom stereocenters. The highest BCUT2D eigenvalue weighted by molar-refractivity contribution is 5.95. The Balaban J connectivity index is 2.40. The Morgan fingerprint density at radius 3 is 1.79 bits per heavy atom. The number of Topliss-reactive ketones (excluding diaryl/α,β-unsaturated/α-hetero) is 1. The predicted octanol–water partition coefficient (Wildman–Crippen LogP) is 4.31. The van der Waals surface area contributed by atoms with Crippen LogP contribution in [0.3, 0.4) is 0 Å². The minimum absolute atomic E-state index is 0.115. The monoisotopic (exact) mass is 402 g/mol. The molecule has 0 aliphatic carbocycles. The van der Waals surface area contributed by atoms with Gasteiger partial charge in [0.15, 0.2) is 28.8 Å². The zero-order chi connectivity index (χ0) is 21.4. The Morgan fingerprint density at radius 1 is 0.759 bits per heavy atom. The number of hydrogen-bond donors (Lipinski definition) is 0. The van der Waals surface area contributed by atoms with Crippen molar-refractivity contribution in [2.24, 2.45) is 0 Å². The lowest BCUT2D eigenvalue weighted by molar-refractivity contribution is 0.0728. The molecule has 0 aromatic heterocycles. The molecule has 7 nitrogen and oxygen atoms in total. The molecule has 0 aliphatic heterocycles. The summed E-state index contributed by atoms with van der Waals surface area (Å²) in [5.74, 6) is 0.979. The van der Waals surface area contributed by atoms with Gasteiger partial charge in [0, 0.05) is 5.56 Å². The highest BCUT2D eigenvalue weighted by atomic mass is 16.6. The highest BCUT2D eigenvalue weighted by Crippen LogP contribution is 2.39. The zero-order valence-corrected chi connectivity index (χ0v) is 17.4. The molecule has 0 aliphatic rings. The molecule has 0 heterocycles. The molecule has 0 atom stereocenters. The first-order valence-electron chi connectivity index (χ1n) is 9.42. The molecule has 0 fully saturated rings. The first-order chi connectivity index (χ1) is 13.9. The third-order valence-corrected chi connectivity index (χ3v) is 3.92. The molecule has 29 heavy (non-hydrogen) atoms. The van der Waals surface area contributed by atoms with Crippen LogP contribution in [-0.4, -0.2) is 38.7 Å². The Labute approximate surface area is 170 Å². The van der Waals surface area contributed by atoms with Gasteiger partial charge in [-0.15, -0.1) is 0 Å². The van der Waals surface area contributed by atoms with Crippen LogP contribution >= 0.6 is 0 Å². The van der Waals surface area contributed by atoms with E-state index in [1.54, 1.807) is 18.2 Å². The molecule has 0 bridgehead atoms. The van der Waals surface area contributed by atoms with Gasteiger partial charge >= 0.3 is 5.97 Å². The van der Waals surface area contributed by atoms with Gasteiger partial charge in [0.05, 0.1) is 32.5 Å². The van der Waals surface area contributed by atoms with Crippen LogP contribution in [0.15, 0.2) is 30.3 Å². The van der Waals surface area contributed by atoms with Gasteiger partial charge in [-0.2, -0.15) is 0 Å². The summed E-state index contributed by atoms with van der Waals surface area (Å²) in [4.78, 5) is 24.3. The molecule has 0 saturated heterocycles. The van der Waals surface area contributed by atoms with Crippen LogP contribution in [0.5, 0.6) is 28.7 Å². The standard InChI is InChI=1S/C22H26O7/c1-6-26-19-12-16(13-20(27-7-2)21(19)28-8-3)22(24)29-17-10-9-15(14(4)23)11-18(17)25-5/h9-13H,6-8H2,1-5H3. The molecule has 7 heteroatoms. The second kappa shape index (κ2) is 10.4. The molecule has 2 aromatic rings. The van der Waals surface area contributed by atoms with E-state index in [1.165, 1.54) is 26.2 Å². The Kier molecular flexibility index (Phi) is 7.88. The normalized spacial score (nSPS) is 10.2. The maximum Gasteiger partial charge on any atom is 0.343 e. The Hall–Kier alpha value is -3.22. The number of rotatable bonds is 10. The number of carbonyl (C=O) groups excluding carboxylic acids is 2. The Bertz CT molecular complexity index is 846. The number of esters is 1. The summed E-state index contributed by atoms with van der Waals surface area (Å²) in [6.45, 7) is 8.18. The summed E-state index contributed by atoms with van der Waals surface area (Å²) in [5, 5.41) is 0. The van der Waals surface area contributed by atoms with Crippen molar-refractivity contribution in [1.29, 1.82) is 0 Å². The average Bonchev–Trinajstić information content (AvgIpc) is 2.70. The van der Waals surface area contributed by atoms with Gasteiger partial charge in [-0.25, -0.2) is 4.79 Å². The third kappa shape index (κ3) is 5.40. The smallest absolute Gasteiger partial charge is 0.343 e. The number of benzene rings is 2. The van der Waals surface area contributed by atoms with Gasteiger partial charge in [0.2, 0.25) is 5.75 Å². The van der Waals surface area contributed by atoms with Gasteiger partial charge in [0.1, 0.15) is 0 Å². The minimum atomic E-state index is -0.621. The first kappa shape index (κ1) is 22.1. The topological polar surface area (TPSA) is 80.3 Å². The van der Waals surface area contributed by atoms with Crippen LogP contribution in [0.2, 0.25) is 0 Å². The summed E-state index contributed by atoms with van der Waals surface area (Å²) in [7, 11) is 1.44. The van der Waals surface area contributed by atoms with E-state index in [1.807, 2.05) is 20.8 Å². The predicted molar refractivity (Wildman–Crippen MR) is 108 cm³/mol. The lowest BCUT2D eigenvalue weighted by Crippen LogP contribution is -2.11. The van der Waals surface area contributed by atoms with Crippen molar-refractivity contribution in [1.82, 2.24) is 0 Å². The van der Waals surface area contributed by atoms with Crippen molar-refractivity contribution >= 4 is 11.8 Å². The van der Waals surface area contributed by atoms with Crippen LogP contribution in [0.4, 0.5) is 0 Å². The van der Waals surface area contributed by atoms with Gasteiger partial charge in [0.25, 0.3) is 0 Å². The third-order valence-electron chi connectivity index (χ3n) is 3.92. The van der Waals surface area contributed by atoms with Gasteiger partial charge in [-0.1, -0.05) is 0 Å². The van der Waals surface area contributed by atoms with Gasteiger partial charge < -0.3 is 23.7 Å². The van der Waals surface area contributed by atoms with Gasteiger partial charge in [-0.3, -0.25) is 4.79 Å². The van der Waals surface area contributed by atoms with E-state index >= 15 is 0 Å². The van der Waals surface area contributed by atoms with Crippen molar-refractivity contribution in [2.45, 2.75) is 27.7 Å². The van der Waals surface area contributed by atoms with E-state index in [9.17, 15) is 9.59 Å². The number of methoxy groups -OCH3 is 1. The molecule has 156 valence electrons. The van der Waals surface area contributed by atoms with Crippen molar-refractivity contribution in [3.63, 3.8) is 0 Å². The molecule has 0 amide bonds. The number of ether oxygens (including phenoxy) is 5. The SMILES string of the molecule is CCOc1cc(C(=O)Oc2ccc(C(C)=O)cc2OC)cc(OCC)c1OCC. The minimum Gasteiger partial charge on any atom is -0.493 e. The van der Waals surface area contributed by atoms with Crippen molar-refractivity contribution < 1.29 is 33.3 Å². The fraction of sp³-hybridized carbons (Fsp3) is 0.364. The van der Waals surface area contributed by atoms with E-state index in [0.29, 0.717) is 42.6 Å². The maximum atomic E-state index is 12.8. The van der Waals surface area contributed by atoms with Crippen LogP contribution in [-0.2, 0) is 0 Å². The van der Waals surface area contributed by atoms with Crippen molar-refractivity contribution in [3.05, 3.63) is 41.5 Å². The second-order valence-electron chi connectivity index (χ2n) is 5.91. The van der Waals surface area contributed by atoms with Gasteiger partial charge in [-0.05, 0) is 58.0 Å². The van der Waals surface area contributed by atoms with E-state index in [-0.39, 0.29) is 22.8 Å². The number of hydrogen-bond acceptors (Lipinski definition) is 7. The molecule has 0 spiro atoms. The lowest BCUT2D eigenvalue weighted by atomic mass is 10.1. The van der Waals surface area contributed by atoms with Crippen molar-refractivity contribution in [2.75, 3.05) is 26.9 Å². The van der Waals surface area contributed by atoms with Crippen LogP contribution in [0, 0.1) is 0 Å². The fourth-order valence-electron chi connectivity index (χ4n) is 2.64. The molecule has 2 rings (SSSR count). The molecular weight excluding hydrogens is 376 g/mol.